The number of non-ortho nitro benzene ring substituents is 1. The number of piperidine rings is 1. The molecule has 1 aliphatic heterocycles. The minimum Gasteiger partial charge on any atom is -0.484 e. The number of hydrogen-bond acceptors (Lipinski definition) is 5. The molecule has 2 rings (SSSR count). The van der Waals surface area contributed by atoms with Gasteiger partial charge in [0.15, 0.2) is 6.61 Å². The molecule has 0 aliphatic carbocycles. The zero-order valence-corrected chi connectivity index (χ0v) is 12.6. The second-order valence-electron chi connectivity index (χ2n) is 5.88. The van der Waals surface area contributed by atoms with Crippen LogP contribution in [0.3, 0.4) is 0 Å². The Morgan fingerprint density at radius 2 is 2.18 bits per heavy atom. The van der Waals surface area contributed by atoms with E-state index in [1.54, 1.807) is 6.07 Å². The summed E-state index contributed by atoms with van der Waals surface area (Å²) in [6, 6.07) is 5.81. The van der Waals surface area contributed by atoms with E-state index in [0.717, 1.165) is 25.9 Å². The number of carbonyl (C=O) groups excluding carboxylic acids is 1. The molecule has 1 aromatic rings. The number of nitrogens with one attached hydrogen (secondary N) is 2. The first-order valence-corrected chi connectivity index (χ1v) is 7.33. The van der Waals surface area contributed by atoms with Gasteiger partial charge in [-0.05, 0) is 37.4 Å². The molecule has 0 aromatic heterocycles. The van der Waals surface area contributed by atoms with Crippen molar-refractivity contribution in [2.24, 2.45) is 5.41 Å². The van der Waals surface area contributed by atoms with Gasteiger partial charge in [-0.25, -0.2) is 0 Å². The molecule has 0 saturated carbocycles. The number of nitrogens with zero attached hydrogens (tertiary/aromatic N) is 1. The normalized spacial score (nSPS) is 16.8. The van der Waals surface area contributed by atoms with Gasteiger partial charge >= 0.3 is 0 Å². The van der Waals surface area contributed by atoms with Crippen LogP contribution < -0.4 is 15.4 Å². The molecule has 0 bridgehead atoms. The summed E-state index contributed by atoms with van der Waals surface area (Å²) < 4.78 is 5.30. The predicted molar refractivity (Wildman–Crippen MR) is 81.8 cm³/mol. The molecule has 2 N–H and O–H groups in total. The molecule has 1 aromatic carbocycles. The molecule has 1 amide bonds. The summed E-state index contributed by atoms with van der Waals surface area (Å²) in [5.74, 6) is 0.101. The van der Waals surface area contributed by atoms with Crippen molar-refractivity contribution in [3.63, 3.8) is 0 Å². The number of ether oxygens (including phenoxy) is 1. The van der Waals surface area contributed by atoms with Crippen LogP contribution in [0.1, 0.15) is 19.8 Å². The fraction of sp³-hybridized carbons (Fsp3) is 0.533. The van der Waals surface area contributed by atoms with Gasteiger partial charge in [0.2, 0.25) is 0 Å². The van der Waals surface area contributed by atoms with E-state index in [-0.39, 0.29) is 23.6 Å². The first-order valence-electron chi connectivity index (χ1n) is 7.33. The molecule has 22 heavy (non-hydrogen) atoms. The number of amides is 1. The first kappa shape index (κ1) is 16.2. The van der Waals surface area contributed by atoms with Gasteiger partial charge in [0.25, 0.3) is 11.6 Å². The Labute approximate surface area is 129 Å². The Morgan fingerprint density at radius 1 is 1.45 bits per heavy atom. The summed E-state index contributed by atoms with van der Waals surface area (Å²) in [6.45, 7) is 4.57. The second-order valence-corrected chi connectivity index (χ2v) is 5.88. The average Bonchev–Trinajstić information content (AvgIpc) is 2.52. The molecule has 1 aliphatic rings. The zero-order valence-electron chi connectivity index (χ0n) is 12.6. The molecule has 0 radical (unpaired) electrons. The molecular weight excluding hydrogens is 286 g/mol. The third kappa shape index (κ3) is 4.70. The van der Waals surface area contributed by atoms with Gasteiger partial charge in [-0.1, -0.05) is 13.0 Å². The van der Waals surface area contributed by atoms with Crippen molar-refractivity contribution in [2.45, 2.75) is 19.8 Å². The monoisotopic (exact) mass is 307 g/mol. The van der Waals surface area contributed by atoms with Crippen molar-refractivity contribution in [1.29, 1.82) is 0 Å². The molecule has 7 nitrogen and oxygen atoms in total. The summed E-state index contributed by atoms with van der Waals surface area (Å²) in [4.78, 5) is 22.0. The molecule has 0 atom stereocenters. The number of hydrogen-bond donors (Lipinski definition) is 2. The van der Waals surface area contributed by atoms with Gasteiger partial charge in [0.1, 0.15) is 5.75 Å². The molecule has 1 fully saturated rings. The largest absolute Gasteiger partial charge is 0.484 e. The van der Waals surface area contributed by atoms with E-state index in [4.69, 9.17) is 4.74 Å². The van der Waals surface area contributed by atoms with Gasteiger partial charge in [-0.3, -0.25) is 14.9 Å². The Bertz CT molecular complexity index is 541. The Kier molecular flexibility index (Phi) is 5.32. The van der Waals surface area contributed by atoms with Crippen molar-refractivity contribution < 1.29 is 14.5 Å². The molecule has 0 spiro atoms. The summed E-state index contributed by atoms with van der Waals surface area (Å²) >= 11 is 0. The third-order valence-corrected chi connectivity index (χ3v) is 3.92. The van der Waals surface area contributed by atoms with Gasteiger partial charge in [0, 0.05) is 12.6 Å². The Morgan fingerprint density at radius 3 is 2.86 bits per heavy atom. The quantitative estimate of drug-likeness (QED) is 0.613. The Balaban J connectivity index is 1.78. The lowest BCUT2D eigenvalue weighted by Crippen LogP contribution is -2.43. The number of nitro groups is 1. The van der Waals surface area contributed by atoms with E-state index in [2.05, 4.69) is 17.6 Å². The highest BCUT2D eigenvalue weighted by Gasteiger charge is 2.26. The van der Waals surface area contributed by atoms with Crippen LogP contribution >= 0.6 is 0 Å². The van der Waals surface area contributed by atoms with Crippen LogP contribution in [0, 0.1) is 15.5 Å². The van der Waals surface area contributed by atoms with Crippen molar-refractivity contribution in [2.75, 3.05) is 26.2 Å². The van der Waals surface area contributed by atoms with Gasteiger partial charge < -0.3 is 15.4 Å². The maximum atomic E-state index is 11.8. The average molecular weight is 307 g/mol. The molecule has 0 unspecified atom stereocenters. The molecule has 1 saturated heterocycles. The van der Waals surface area contributed by atoms with Crippen molar-refractivity contribution in [3.05, 3.63) is 34.4 Å². The summed E-state index contributed by atoms with van der Waals surface area (Å²) in [7, 11) is 0. The smallest absolute Gasteiger partial charge is 0.273 e. The van der Waals surface area contributed by atoms with Crippen LogP contribution in [0.5, 0.6) is 5.75 Å². The van der Waals surface area contributed by atoms with E-state index in [1.165, 1.54) is 18.2 Å². The van der Waals surface area contributed by atoms with E-state index in [9.17, 15) is 14.9 Å². The maximum Gasteiger partial charge on any atom is 0.273 e. The second kappa shape index (κ2) is 7.22. The lowest BCUT2D eigenvalue weighted by Gasteiger charge is -2.34. The van der Waals surface area contributed by atoms with Gasteiger partial charge in [0.05, 0.1) is 11.0 Å². The molecule has 120 valence electrons. The fourth-order valence-electron chi connectivity index (χ4n) is 2.41. The SMILES string of the molecule is CC1(CNC(=O)COc2cccc([N+](=O)[O-])c2)CCNCC1. The van der Waals surface area contributed by atoms with Crippen molar-refractivity contribution in [1.82, 2.24) is 10.6 Å². The maximum absolute atomic E-state index is 11.8. The third-order valence-electron chi connectivity index (χ3n) is 3.92. The molecule has 1 heterocycles. The lowest BCUT2D eigenvalue weighted by atomic mass is 9.81. The fourth-order valence-corrected chi connectivity index (χ4v) is 2.41. The predicted octanol–water partition coefficient (Wildman–Crippen LogP) is 1.48. The minimum atomic E-state index is -0.495. The molecular formula is C15H21N3O4. The number of nitro benzene ring substituents is 1. The highest BCUT2D eigenvalue weighted by molar-refractivity contribution is 5.77. The standard InChI is InChI=1S/C15H21N3O4/c1-15(5-7-16-8-6-15)11-17-14(19)10-22-13-4-2-3-12(9-13)18(20)21/h2-4,9,16H,5-8,10-11H2,1H3,(H,17,19). The zero-order chi connectivity index (χ0) is 16.0. The van der Waals surface area contributed by atoms with Crippen molar-refractivity contribution >= 4 is 11.6 Å². The van der Waals surface area contributed by atoms with E-state index >= 15 is 0 Å². The number of carbonyl (C=O) groups is 1. The van der Waals surface area contributed by atoms with Crippen LogP contribution in [0.2, 0.25) is 0 Å². The highest BCUT2D eigenvalue weighted by Crippen LogP contribution is 2.26. The Hall–Kier alpha value is -2.15. The number of rotatable bonds is 6. The van der Waals surface area contributed by atoms with Crippen LogP contribution in [0.4, 0.5) is 5.69 Å². The van der Waals surface area contributed by atoms with Crippen LogP contribution in [0.15, 0.2) is 24.3 Å². The summed E-state index contributed by atoms with van der Waals surface area (Å²) in [5.41, 5.74) is 0.0621. The van der Waals surface area contributed by atoms with Crippen LogP contribution in [0.25, 0.3) is 0 Å². The summed E-state index contributed by atoms with van der Waals surface area (Å²) in [5, 5.41) is 16.8. The van der Waals surface area contributed by atoms with Crippen LogP contribution in [-0.4, -0.2) is 37.1 Å². The highest BCUT2D eigenvalue weighted by atomic mass is 16.6. The first-order chi connectivity index (χ1) is 10.5. The summed E-state index contributed by atoms with van der Waals surface area (Å²) in [6.07, 6.45) is 2.05. The minimum absolute atomic E-state index is 0.0554. The van der Waals surface area contributed by atoms with Crippen LogP contribution in [-0.2, 0) is 4.79 Å². The van der Waals surface area contributed by atoms with E-state index < -0.39 is 4.92 Å². The lowest BCUT2D eigenvalue weighted by molar-refractivity contribution is -0.384. The number of benzene rings is 1. The van der Waals surface area contributed by atoms with E-state index in [1.807, 2.05) is 0 Å². The topological polar surface area (TPSA) is 93.5 Å². The van der Waals surface area contributed by atoms with Gasteiger partial charge in [-0.2, -0.15) is 0 Å². The van der Waals surface area contributed by atoms with E-state index in [0.29, 0.717) is 12.3 Å². The molecule has 7 heteroatoms. The van der Waals surface area contributed by atoms with Crippen molar-refractivity contribution in [3.8, 4) is 5.75 Å². The van der Waals surface area contributed by atoms with Gasteiger partial charge in [-0.15, -0.1) is 0 Å².